The van der Waals surface area contributed by atoms with Gasteiger partial charge in [0.05, 0.1) is 0 Å². The summed E-state index contributed by atoms with van der Waals surface area (Å²) in [5, 5.41) is 0. The summed E-state index contributed by atoms with van der Waals surface area (Å²) < 4.78 is 2.12. The molecule has 1 aromatic heterocycles. The van der Waals surface area contributed by atoms with Gasteiger partial charge in [0.25, 0.3) is 0 Å². The molecule has 2 N–H and O–H groups in total. The van der Waals surface area contributed by atoms with E-state index in [1.807, 2.05) is 12.4 Å². The van der Waals surface area contributed by atoms with E-state index in [9.17, 15) is 0 Å². The highest BCUT2D eigenvalue weighted by Crippen LogP contribution is 2.18. The van der Waals surface area contributed by atoms with Gasteiger partial charge >= 0.3 is 0 Å². The van der Waals surface area contributed by atoms with E-state index in [1.165, 1.54) is 5.56 Å². The molecule has 3 nitrogen and oxygen atoms in total. The Morgan fingerprint density at radius 2 is 2.18 bits per heavy atom. The molecule has 0 bridgehead atoms. The predicted octanol–water partition coefficient (Wildman–Crippen LogP) is 2.84. The first-order valence-electron chi connectivity index (χ1n) is 6.14. The summed E-state index contributed by atoms with van der Waals surface area (Å²) in [7, 11) is 0. The number of benzene rings is 1. The Morgan fingerprint density at radius 1 is 1.35 bits per heavy atom. The van der Waals surface area contributed by atoms with Gasteiger partial charge < -0.3 is 10.3 Å². The van der Waals surface area contributed by atoms with Crippen LogP contribution in [0.3, 0.4) is 0 Å². The highest BCUT2D eigenvalue weighted by molar-refractivity contribution is 5.38. The minimum absolute atomic E-state index is 0.114. The molecule has 0 spiro atoms. The first kappa shape index (κ1) is 11.9. The molecule has 0 radical (unpaired) electrons. The van der Waals surface area contributed by atoms with E-state index in [0.717, 1.165) is 24.4 Å². The molecular formula is C14H19N3. The van der Waals surface area contributed by atoms with Crippen LogP contribution in [0.5, 0.6) is 0 Å². The van der Waals surface area contributed by atoms with Crippen LogP contribution in [0.25, 0.3) is 5.69 Å². The fraction of sp³-hybridized carbons (Fsp3) is 0.357. The van der Waals surface area contributed by atoms with Crippen molar-refractivity contribution in [2.45, 2.75) is 32.7 Å². The fourth-order valence-corrected chi connectivity index (χ4v) is 1.97. The van der Waals surface area contributed by atoms with E-state index in [1.54, 1.807) is 0 Å². The molecular weight excluding hydrogens is 210 g/mol. The van der Waals surface area contributed by atoms with Crippen LogP contribution in [0.15, 0.2) is 36.7 Å². The van der Waals surface area contributed by atoms with Gasteiger partial charge in [-0.15, -0.1) is 0 Å². The second-order valence-electron chi connectivity index (χ2n) is 4.18. The Morgan fingerprint density at radius 3 is 2.88 bits per heavy atom. The lowest BCUT2D eigenvalue weighted by atomic mass is 10.0. The lowest BCUT2D eigenvalue weighted by Crippen LogP contribution is -2.09. The molecule has 2 rings (SSSR count). The number of rotatable bonds is 4. The summed E-state index contributed by atoms with van der Waals surface area (Å²) in [6.07, 6.45) is 5.71. The number of hydrogen-bond donors (Lipinski definition) is 1. The molecule has 3 heteroatoms. The van der Waals surface area contributed by atoms with E-state index in [2.05, 4.69) is 47.7 Å². The molecule has 90 valence electrons. The summed E-state index contributed by atoms with van der Waals surface area (Å²) >= 11 is 0. The third-order valence-corrected chi connectivity index (χ3v) is 3.05. The van der Waals surface area contributed by atoms with E-state index < -0.39 is 0 Å². The van der Waals surface area contributed by atoms with Crippen LogP contribution in [0.4, 0.5) is 0 Å². The zero-order valence-electron chi connectivity index (χ0n) is 10.4. The van der Waals surface area contributed by atoms with Gasteiger partial charge in [0.1, 0.15) is 5.82 Å². The summed E-state index contributed by atoms with van der Waals surface area (Å²) in [4.78, 5) is 4.34. The van der Waals surface area contributed by atoms with Crippen molar-refractivity contribution in [1.82, 2.24) is 9.55 Å². The van der Waals surface area contributed by atoms with Crippen LogP contribution >= 0.6 is 0 Å². The van der Waals surface area contributed by atoms with Crippen molar-refractivity contribution >= 4 is 0 Å². The van der Waals surface area contributed by atoms with Crippen molar-refractivity contribution in [3.05, 3.63) is 48.0 Å². The molecule has 0 saturated carbocycles. The smallest absolute Gasteiger partial charge is 0.112 e. The molecule has 1 atom stereocenters. The third-order valence-electron chi connectivity index (χ3n) is 3.05. The van der Waals surface area contributed by atoms with Crippen LogP contribution < -0.4 is 5.73 Å². The molecule has 1 unspecified atom stereocenters. The van der Waals surface area contributed by atoms with Crippen LogP contribution in [-0.4, -0.2) is 9.55 Å². The first-order valence-corrected chi connectivity index (χ1v) is 6.14. The van der Waals surface area contributed by atoms with Crippen LogP contribution in [0, 0.1) is 0 Å². The average Bonchev–Trinajstić information content (AvgIpc) is 2.86. The average molecular weight is 229 g/mol. The van der Waals surface area contributed by atoms with Crippen molar-refractivity contribution in [1.29, 1.82) is 0 Å². The predicted molar refractivity (Wildman–Crippen MR) is 70.2 cm³/mol. The zero-order valence-corrected chi connectivity index (χ0v) is 10.4. The SMILES string of the molecule is CCc1nccn1-c1cccc(C(N)CC)c1. The molecule has 2 aromatic rings. The van der Waals surface area contributed by atoms with Crippen molar-refractivity contribution < 1.29 is 0 Å². The van der Waals surface area contributed by atoms with Crippen molar-refractivity contribution in [3.8, 4) is 5.69 Å². The molecule has 1 aromatic carbocycles. The summed E-state index contributed by atoms with van der Waals surface area (Å²) in [5.41, 5.74) is 8.38. The molecule has 0 aliphatic heterocycles. The largest absolute Gasteiger partial charge is 0.324 e. The van der Waals surface area contributed by atoms with Gasteiger partial charge in [0.15, 0.2) is 0 Å². The molecule has 1 heterocycles. The van der Waals surface area contributed by atoms with E-state index in [0.29, 0.717) is 0 Å². The van der Waals surface area contributed by atoms with E-state index >= 15 is 0 Å². The second-order valence-corrected chi connectivity index (χ2v) is 4.18. The highest BCUT2D eigenvalue weighted by Gasteiger charge is 2.06. The minimum Gasteiger partial charge on any atom is -0.324 e. The molecule has 0 saturated heterocycles. The Kier molecular flexibility index (Phi) is 3.59. The molecule has 0 aliphatic carbocycles. The third kappa shape index (κ3) is 2.39. The summed E-state index contributed by atoms with van der Waals surface area (Å²) in [5.74, 6) is 1.08. The van der Waals surface area contributed by atoms with Gasteiger partial charge in [-0.05, 0) is 24.1 Å². The van der Waals surface area contributed by atoms with Gasteiger partial charge in [-0.25, -0.2) is 4.98 Å². The first-order chi connectivity index (χ1) is 8.26. The van der Waals surface area contributed by atoms with Crippen molar-refractivity contribution in [2.75, 3.05) is 0 Å². The quantitative estimate of drug-likeness (QED) is 0.876. The number of nitrogens with zero attached hydrogens (tertiary/aromatic N) is 2. The summed E-state index contributed by atoms with van der Waals surface area (Å²) in [6, 6.07) is 8.49. The number of nitrogens with two attached hydrogens (primary N) is 1. The summed E-state index contributed by atoms with van der Waals surface area (Å²) in [6.45, 7) is 4.21. The second kappa shape index (κ2) is 5.15. The maximum Gasteiger partial charge on any atom is 0.112 e. The van der Waals surface area contributed by atoms with Gasteiger partial charge in [-0.3, -0.25) is 0 Å². The molecule has 0 aliphatic rings. The maximum absolute atomic E-state index is 6.06. The van der Waals surface area contributed by atoms with Gasteiger partial charge in [-0.2, -0.15) is 0 Å². The van der Waals surface area contributed by atoms with Crippen LogP contribution in [0.1, 0.15) is 37.7 Å². The van der Waals surface area contributed by atoms with Crippen LogP contribution in [-0.2, 0) is 6.42 Å². The maximum atomic E-state index is 6.06. The van der Waals surface area contributed by atoms with Gasteiger partial charge in [-0.1, -0.05) is 26.0 Å². The molecule has 17 heavy (non-hydrogen) atoms. The van der Waals surface area contributed by atoms with Crippen LogP contribution in [0.2, 0.25) is 0 Å². The Hall–Kier alpha value is -1.61. The number of imidazole rings is 1. The Balaban J connectivity index is 2.39. The van der Waals surface area contributed by atoms with Gasteiger partial charge in [0.2, 0.25) is 0 Å². The normalized spacial score (nSPS) is 12.6. The van der Waals surface area contributed by atoms with Crippen molar-refractivity contribution in [3.63, 3.8) is 0 Å². The number of aromatic nitrogens is 2. The monoisotopic (exact) mass is 229 g/mol. The van der Waals surface area contributed by atoms with Crippen molar-refractivity contribution in [2.24, 2.45) is 5.73 Å². The standard InChI is InChI=1S/C14H19N3/c1-3-13(15)11-6-5-7-12(10-11)17-9-8-16-14(17)4-2/h5-10,13H,3-4,15H2,1-2H3. The number of hydrogen-bond acceptors (Lipinski definition) is 2. The fourth-order valence-electron chi connectivity index (χ4n) is 1.97. The molecule has 0 fully saturated rings. The topological polar surface area (TPSA) is 43.8 Å². The Labute approximate surface area is 102 Å². The van der Waals surface area contributed by atoms with Gasteiger partial charge in [0, 0.05) is 30.5 Å². The van der Waals surface area contributed by atoms with E-state index in [-0.39, 0.29) is 6.04 Å². The Bertz CT molecular complexity index is 488. The lowest BCUT2D eigenvalue weighted by Gasteiger charge is -2.12. The molecule has 0 amide bonds. The highest BCUT2D eigenvalue weighted by atomic mass is 15.1. The van der Waals surface area contributed by atoms with E-state index in [4.69, 9.17) is 5.73 Å². The zero-order chi connectivity index (χ0) is 12.3. The minimum atomic E-state index is 0.114. The number of aryl methyl sites for hydroxylation is 1. The lowest BCUT2D eigenvalue weighted by molar-refractivity contribution is 0.697.